The number of nitrogens with two attached hydrogens (primary N) is 1. The highest BCUT2D eigenvalue weighted by atomic mass is 16.1. The Labute approximate surface area is 116 Å². The molecular formula is C14H16N4O2. The number of hydrogen-bond acceptors (Lipinski definition) is 4. The molecule has 0 spiro atoms. The van der Waals surface area contributed by atoms with E-state index in [4.69, 9.17) is 5.73 Å². The molecule has 0 saturated carbocycles. The van der Waals surface area contributed by atoms with E-state index in [1.165, 1.54) is 6.92 Å². The van der Waals surface area contributed by atoms with Crippen molar-refractivity contribution in [2.45, 2.75) is 20.4 Å². The summed E-state index contributed by atoms with van der Waals surface area (Å²) in [4.78, 5) is 22.1. The third kappa shape index (κ3) is 2.54. The van der Waals surface area contributed by atoms with Gasteiger partial charge in [0, 0.05) is 24.7 Å². The summed E-state index contributed by atoms with van der Waals surface area (Å²) in [6, 6.07) is 7.10. The third-order valence-corrected chi connectivity index (χ3v) is 2.93. The van der Waals surface area contributed by atoms with Crippen molar-refractivity contribution in [2.24, 2.45) is 0 Å². The summed E-state index contributed by atoms with van der Waals surface area (Å²) < 4.78 is 1.58. The molecule has 20 heavy (non-hydrogen) atoms. The van der Waals surface area contributed by atoms with Gasteiger partial charge in [0.2, 0.25) is 5.91 Å². The number of carbonyl (C=O) groups is 2. The van der Waals surface area contributed by atoms with Gasteiger partial charge in [0.15, 0.2) is 6.29 Å². The van der Waals surface area contributed by atoms with Crippen molar-refractivity contribution in [1.82, 2.24) is 9.78 Å². The molecule has 6 heteroatoms. The van der Waals surface area contributed by atoms with Crippen LogP contribution in [-0.2, 0) is 11.3 Å². The first-order valence-electron chi connectivity index (χ1n) is 6.26. The Morgan fingerprint density at radius 1 is 1.40 bits per heavy atom. The van der Waals surface area contributed by atoms with E-state index in [0.29, 0.717) is 35.6 Å². The van der Waals surface area contributed by atoms with Gasteiger partial charge in [0.05, 0.1) is 5.56 Å². The smallest absolute Gasteiger partial charge is 0.221 e. The lowest BCUT2D eigenvalue weighted by Gasteiger charge is -2.03. The SMILES string of the molecule is CCn1nc(-c2ccc(NC(C)=O)cc2)c(C=O)c1N. The van der Waals surface area contributed by atoms with Gasteiger partial charge in [-0.15, -0.1) is 0 Å². The Bertz CT molecular complexity index is 644. The van der Waals surface area contributed by atoms with Crippen molar-refractivity contribution in [1.29, 1.82) is 0 Å². The molecule has 0 atom stereocenters. The van der Waals surface area contributed by atoms with E-state index >= 15 is 0 Å². The summed E-state index contributed by atoms with van der Waals surface area (Å²) in [5, 5.41) is 7.01. The van der Waals surface area contributed by atoms with E-state index in [9.17, 15) is 9.59 Å². The molecule has 1 amide bonds. The molecule has 0 aliphatic carbocycles. The van der Waals surface area contributed by atoms with Crippen molar-refractivity contribution in [2.75, 3.05) is 11.1 Å². The van der Waals surface area contributed by atoms with Gasteiger partial charge in [0.25, 0.3) is 0 Å². The molecule has 0 unspecified atom stereocenters. The Kier molecular flexibility index (Phi) is 3.84. The zero-order chi connectivity index (χ0) is 14.7. The predicted molar refractivity (Wildman–Crippen MR) is 77.4 cm³/mol. The zero-order valence-corrected chi connectivity index (χ0v) is 11.4. The quantitative estimate of drug-likeness (QED) is 0.832. The van der Waals surface area contributed by atoms with Gasteiger partial charge < -0.3 is 11.1 Å². The van der Waals surface area contributed by atoms with Gasteiger partial charge in [0.1, 0.15) is 11.5 Å². The molecule has 0 saturated heterocycles. The molecule has 0 bridgehead atoms. The highest BCUT2D eigenvalue weighted by Gasteiger charge is 2.15. The number of carbonyl (C=O) groups excluding carboxylic acids is 2. The van der Waals surface area contributed by atoms with E-state index in [0.717, 1.165) is 5.56 Å². The van der Waals surface area contributed by atoms with Crippen LogP contribution in [0.5, 0.6) is 0 Å². The van der Waals surface area contributed by atoms with Crippen molar-refractivity contribution in [3.05, 3.63) is 29.8 Å². The first-order chi connectivity index (χ1) is 9.56. The summed E-state index contributed by atoms with van der Waals surface area (Å²) in [5.41, 5.74) is 8.28. The van der Waals surface area contributed by atoms with Crippen LogP contribution in [0, 0.1) is 0 Å². The van der Waals surface area contributed by atoms with Crippen LogP contribution in [0.4, 0.5) is 11.5 Å². The average molecular weight is 272 g/mol. The summed E-state index contributed by atoms with van der Waals surface area (Å²) in [5.74, 6) is 0.231. The van der Waals surface area contributed by atoms with Gasteiger partial charge in [-0.1, -0.05) is 12.1 Å². The number of anilines is 2. The van der Waals surface area contributed by atoms with Crippen molar-refractivity contribution in [3.63, 3.8) is 0 Å². The van der Waals surface area contributed by atoms with Crippen LogP contribution in [-0.4, -0.2) is 22.0 Å². The van der Waals surface area contributed by atoms with E-state index in [-0.39, 0.29) is 5.91 Å². The second kappa shape index (κ2) is 5.56. The maximum absolute atomic E-state index is 11.2. The second-order valence-electron chi connectivity index (χ2n) is 4.34. The number of nitrogens with one attached hydrogen (secondary N) is 1. The molecule has 104 valence electrons. The highest BCUT2D eigenvalue weighted by molar-refractivity contribution is 5.92. The number of nitrogen functional groups attached to an aromatic ring is 1. The van der Waals surface area contributed by atoms with Crippen LogP contribution >= 0.6 is 0 Å². The number of rotatable bonds is 4. The van der Waals surface area contributed by atoms with Crippen molar-refractivity contribution in [3.8, 4) is 11.3 Å². The Balaban J connectivity index is 2.41. The maximum Gasteiger partial charge on any atom is 0.221 e. The largest absolute Gasteiger partial charge is 0.383 e. The zero-order valence-electron chi connectivity index (χ0n) is 11.4. The second-order valence-corrected chi connectivity index (χ2v) is 4.34. The Morgan fingerprint density at radius 3 is 2.55 bits per heavy atom. The molecule has 1 heterocycles. The lowest BCUT2D eigenvalue weighted by Crippen LogP contribution is -2.05. The summed E-state index contributed by atoms with van der Waals surface area (Å²) in [6.07, 6.45) is 0.714. The van der Waals surface area contributed by atoms with E-state index < -0.39 is 0 Å². The van der Waals surface area contributed by atoms with Gasteiger partial charge in [-0.3, -0.25) is 9.59 Å². The average Bonchev–Trinajstić information content (AvgIpc) is 2.75. The Hall–Kier alpha value is -2.63. The lowest BCUT2D eigenvalue weighted by atomic mass is 10.1. The van der Waals surface area contributed by atoms with Crippen LogP contribution in [0.1, 0.15) is 24.2 Å². The monoisotopic (exact) mass is 272 g/mol. The first kappa shape index (κ1) is 13.8. The lowest BCUT2D eigenvalue weighted by molar-refractivity contribution is -0.114. The van der Waals surface area contributed by atoms with E-state index in [2.05, 4.69) is 10.4 Å². The molecular weight excluding hydrogens is 256 g/mol. The highest BCUT2D eigenvalue weighted by Crippen LogP contribution is 2.26. The minimum atomic E-state index is -0.133. The number of aldehydes is 1. The van der Waals surface area contributed by atoms with Crippen LogP contribution in [0.15, 0.2) is 24.3 Å². The first-order valence-corrected chi connectivity index (χ1v) is 6.26. The van der Waals surface area contributed by atoms with Crippen LogP contribution < -0.4 is 11.1 Å². The number of aromatic nitrogens is 2. The fourth-order valence-electron chi connectivity index (χ4n) is 1.97. The summed E-state index contributed by atoms with van der Waals surface area (Å²) in [7, 11) is 0. The molecule has 0 radical (unpaired) electrons. The Morgan fingerprint density at radius 2 is 2.05 bits per heavy atom. The summed E-state index contributed by atoms with van der Waals surface area (Å²) in [6.45, 7) is 3.94. The molecule has 0 fully saturated rings. The predicted octanol–water partition coefficient (Wildman–Crippen LogP) is 1.92. The fraction of sp³-hybridized carbons (Fsp3) is 0.214. The number of nitrogens with zero attached hydrogens (tertiary/aromatic N) is 2. The molecule has 3 N–H and O–H groups in total. The summed E-state index contributed by atoms with van der Waals surface area (Å²) >= 11 is 0. The minimum Gasteiger partial charge on any atom is -0.383 e. The van der Waals surface area contributed by atoms with Crippen molar-refractivity contribution < 1.29 is 9.59 Å². The molecule has 6 nitrogen and oxygen atoms in total. The number of amides is 1. The van der Waals surface area contributed by atoms with E-state index in [1.807, 2.05) is 6.92 Å². The third-order valence-electron chi connectivity index (χ3n) is 2.93. The van der Waals surface area contributed by atoms with Gasteiger partial charge in [-0.25, -0.2) is 4.68 Å². The number of hydrogen-bond donors (Lipinski definition) is 2. The van der Waals surface area contributed by atoms with Gasteiger partial charge >= 0.3 is 0 Å². The topological polar surface area (TPSA) is 90.0 Å². The van der Waals surface area contributed by atoms with Crippen LogP contribution in [0.25, 0.3) is 11.3 Å². The van der Waals surface area contributed by atoms with E-state index in [1.54, 1.807) is 28.9 Å². The van der Waals surface area contributed by atoms with Gasteiger partial charge in [-0.05, 0) is 19.1 Å². The molecule has 0 aliphatic rings. The molecule has 1 aromatic carbocycles. The minimum absolute atomic E-state index is 0.133. The van der Waals surface area contributed by atoms with Crippen LogP contribution in [0.2, 0.25) is 0 Å². The number of benzene rings is 1. The van der Waals surface area contributed by atoms with Crippen LogP contribution in [0.3, 0.4) is 0 Å². The number of aryl methyl sites for hydroxylation is 1. The molecule has 2 aromatic rings. The molecule has 2 rings (SSSR count). The fourth-order valence-corrected chi connectivity index (χ4v) is 1.97. The standard InChI is InChI=1S/C14H16N4O2/c1-3-18-14(15)12(8-19)13(17-18)10-4-6-11(7-5-10)16-9(2)20/h4-8H,3,15H2,1-2H3,(H,16,20). The van der Waals surface area contributed by atoms with Gasteiger partial charge in [-0.2, -0.15) is 5.10 Å². The maximum atomic E-state index is 11.2. The molecule has 0 aliphatic heterocycles. The normalized spacial score (nSPS) is 10.3. The van der Waals surface area contributed by atoms with Crippen molar-refractivity contribution >= 4 is 23.7 Å². The molecule has 1 aromatic heterocycles.